The van der Waals surface area contributed by atoms with Gasteiger partial charge in [0.25, 0.3) is 5.91 Å². The lowest BCUT2D eigenvalue weighted by molar-refractivity contribution is -0.138. The van der Waals surface area contributed by atoms with Gasteiger partial charge in [-0.2, -0.15) is 0 Å². The maximum Gasteiger partial charge on any atom is 0.325 e. The van der Waals surface area contributed by atoms with E-state index >= 15 is 0 Å². The van der Waals surface area contributed by atoms with Crippen LogP contribution in [0.3, 0.4) is 0 Å². The third-order valence-corrected chi connectivity index (χ3v) is 7.26. The molecule has 0 saturated carbocycles. The molecule has 12 heteroatoms. The number of aromatic hydroxyl groups is 3. The molecule has 2 aliphatic rings. The van der Waals surface area contributed by atoms with Crippen molar-refractivity contribution in [2.45, 2.75) is 32.1 Å². The van der Waals surface area contributed by atoms with Gasteiger partial charge in [0.1, 0.15) is 41.2 Å². The first-order chi connectivity index (χ1) is 18.8. The van der Waals surface area contributed by atoms with Crippen LogP contribution in [0.25, 0.3) is 11.1 Å². The number of ether oxygens (including phenoxy) is 1. The average Bonchev–Trinajstić information content (AvgIpc) is 2.89. The molecule has 0 saturated heterocycles. The summed E-state index contributed by atoms with van der Waals surface area (Å²) in [7, 11) is 1.29. The van der Waals surface area contributed by atoms with Crippen molar-refractivity contribution in [3.05, 3.63) is 68.8 Å². The molecule has 0 fully saturated rings. The van der Waals surface area contributed by atoms with Crippen LogP contribution < -0.4 is 10.1 Å². The minimum atomic E-state index is -1.72. The monoisotopic (exact) mass is 549 g/mol. The Morgan fingerprint density at radius 3 is 2.00 bits per heavy atom. The molecule has 0 bridgehead atoms. The van der Waals surface area contributed by atoms with Crippen LogP contribution in [0.5, 0.6) is 23.0 Å². The molecule has 0 aliphatic heterocycles. The van der Waals surface area contributed by atoms with Crippen molar-refractivity contribution in [3.8, 4) is 34.1 Å². The van der Waals surface area contributed by atoms with E-state index < -0.39 is 64.5 Å². The zero-order valence-electron chi connectivity index (χ0n) is 21.3. The van der Waals surface area contributed by atoms with Gasteiger partial charge in [-0.1, -0.05) is 6.07 Å². The summed E-state index contributed by atoms with van der Waals surface area (Å²) in [6.45, 7) is 2.63. The van der Waals surface area contributed by atoms with Gasteiger partial charge < -0.3 is 40.7 Å². The summed E-state index contributed by atoms with van der Waals surface area (Å²) in [6.07, 6.45) is -3.41. The van der Waals surface area contributed by atoms with Gasteiger partial charge in [0.2, 0.25) is 0 Å². The quantitative estimate of drug-likeness (QED) is 0.195. The van der Waals surface area contributed by atoms with Crippen molar-refractivity contribution in [3.63, 3.8) is 0 Å². The number of aliphatic carboxylic acids is 1. The van der Waals surface area contributed by atoms with E-state index in [0.29, 0.717) is 0 Å². The number of carbonyl (C=O) groups is 4. The molecular weight excluding hydrogens is 526 g/mol. The molecule has 3 aromatic rings. The summed E-state index contributed by atoms with van der Waals surface area (Å²) in [5.41, 5.74) is -2.56. The molecular formula is C28H23NO11. The lowest BCUT2D eigenvalue weighted by Gasteiger charge is -2.33. The molecule has 0 spiro atoms. The van der Waals surface area contributed by atoms with E-state index in [2.05, 4.69) is 5.32 Å². The number of ketones is 2. The Morgan fingerprint density at radius 1 is 0.850 bits per heavy atom. The number of hydrogen-bond acceptors (Lipinski definition) is 10. The minimum Gasteiger partial charge on any atom is -0.507 e. The van der Waals surface area contributed by atoms with Crippen molar-refractivity contribution >= 4 is 23.4 Å². The molecule has 0 unspecified atom stereocenters. The fourth-order valence-electron chi connectivity index (χ4n) is 5.28. The summed E-state index contributed by atoms with van der Waals surface area (Å²) in [4.78, 5) is 51.2. The molecule has 3 atom stereocenters. The minimum absolute atomic E-state index is 0.0709. The topological polar surface area (TPSA) is 211 Å². The number of aryl methyl sites for hydroxylation is 1. The summed E-state index contributed by atoms with van der Waals surface area (Å²) in [5, 5.41) is 66.4. The number of carboxylic acids is 1. The summed E-state index contributed by atoms with van der Waals surface area (Å²) >= 11 is 0. The first-order valence-corrected chi connectivity index (χ1v) is 12.0. The number of methoxy groups -OCH3 is 1. The molecule has 7 N–H and O–H groups in total. The van der Waals surface area contributed by atoms with Gasteiger partial charge in [-0.15, -0.1) is 0 Å². The largest absolute Gasteiger partial charge is 0.507 e. The Balaban J connectivity index is 1.79. The smallest absolute Gasteiger partial charge is 0.325 e. The molecule has 0 heterocycles. The number of carbonyl (C=O) groups excluding carboxylic acids is 3. The lowest BCUT2D eigenvalue weighted by atomic mass is 9.74. The van der Waals surface area contributed by atoms with Crippen LogP contribution in [-0.2, 0) is 4.79 Å². The molecule has 3 aromatic carbocycles. The van der Waals surface area contributed by atoms with Crippen LogP contribution in [0.1, 0.15) is 78.0 Å². The first kappa shape index (κ1) is 26.7. The van der Waals surface area contributed by atoms with Crippen molar-refractivity contribution in [2.75, 3.05) is 7.11 Å². The van der Waals surface area contributed by atoms with Crippen molar-refractivity contribution < 1.29 is 54.6 Å². The van der Waals surface area contributed by atoms with E-state index in [-0.39, 0.29) is 55.8 Å². The number of benzene rings is 3. The third-order valence-electron chi connectivity index (χ3n) is 7.26. The second-order valence-corrected chi connectivity index (χ2v) is 9.64. The van der Waals surface area contributed by atoms with Crippen molar-refractivity contribution in [1.82, 2.24) is 5.32 Å². The molecule has 0 radical (unpaired) electrons. The molecule has 1 amide bonds. The first-order valence-electron chi connectivity index (χ1n) is 12.0. The maximum absolute atomic E-state index is 13.6. The normalized spacial score (nSPS) is 17.7. The van der Waals surface area contributed by atoms with Gasteiger partial charge >= 0.3 is 5.97 Å². The number of aliphatic hydroxyl groups excluding tert-OH is 2. The summed E-state index contributed by atoms with van der Waals surface area (Å²) < 4.78 is 5.08. The van der Waals surface area contributed by atoms with Crippen LogP contribution in [-0.4, -0.2) is 67.2 Å². The highest BCUT2D eigenvalue weighted by atomic mass is 16.5. The molecule has 12 nitrogen and oxygen atoms in total. The number of carboxylic acid groups (broad SMARTS) is 1. The van der Waals surface area contributed by atoms with Crippen LogP contribution in [0, 0.1) is 6.92 Å². The van der Waals surface area contributed by atoms with Gasteiger partial charge in [0.05, 0.1) is 23.8 Å². The van der Waals surface area contributed by atoms with E-state index in [9.17, 15) is 44.7 Å². The number of amides is 1. The number of fused-ring (bicyclic) bond motifs is 5. The highest BCUT2D eigenvalue weighted by molar-refractivity contribution is 6.31. The van der Waals surface area contributed by atoms with E-state index in [1.165, 1.54) is 33.1 Å². The van der Waals surface area contributed by atoms with Gasteiger partial charge in [-0.05, 0) is 42.7 Å². The fourth-order valence-corrected chi connectivity index (χ4v) is 5.28. The van der Waals surface area contributed by atoms with Crippen LogP contribution >= 0.6 is 0 Å². The molecule has 0 aromatic heterocycles. The Labute approximate surface area is 225 Å². The molecule has 40 heavy (non-hydrogen) atoms. The number of hydrogen-bond donors (Lipinski definition) is 7. The van der Waals surface area contributed by atoms with Crippen LogP contribution in [0.2, 0.25) is 0 Å². The third kappa shape index (κ3) is 3.61. The number of aliphatic hydroxyl groups is 2. The summed E-state index contributed by atoms with van der Waals surface area (Å²) in [6, 6.07) is 3.41. The Kier molecular flexibility index (Phi) is 6.05. The van der Waals surface area contributed by atoms with Gasteiger partial charge in [0, 0.05) is 28.3 Å². The summed E-state index contributed by atoms with van der Waals surface area (Å²) in [5.74, 6) is -6.02. The average molecular weight is 549 g/mol. The number of nitrogens with one attached hydrogen (secondary N) is 1. The van der Waals surface area contributed by atoms with Crippen LogP contribution in [0.15, 0.2) is 24.3 Å². The maximum atomic E-state index is 13.6. The number of phenolic OH excluding ortho intramolecular Hbond substituents is 3. The second kappa shape index (κ2) is 9.07. The predicted octanol–water partition coefficient (Wildman–Crippen LogP) is 1.85. The van der Waals surface area contributed by atoms with E-state index in [4.69, 9.17) is 9.84 Å². The zero-order valence-corrected chi connectivity index (χ0v) is 21.3. The lowest BCUT2D eigenvalue weighted by Crippen LogP contribution is -2.38. The molecule has 5 rings (SSSR count). The number of rotatable bonds is 4. The highest BCUT2D eigenvalue weighted by Crippen LogP contribution is 2.55. The van der Waals surface area contributed by atoms with Gasteiger partial charge in [-0.25, -0.2) is 0 Å². The zero-order chi connectivity index (χ0) is 29.4. The fraction of sp³-hybridized carbons (Fsp3) is 0.214. The standard InChI is InChI=1S/C28H23NO11/c1-8-4-11-18(25(35)16(8)27(37)29-9(2)28(38)39)19-13(24(34)23(11)33)7-14-20(26(19)36)22(32)12-5-10(40-3)6-15(30)17(12)21(14)31/h4-7,9,23-24,30,33-36H,1-3H3,(H,29,37)(H,38,39)/t9-,23+,24+/m1/s1. The van der Waals surface area contributed by atoms with Crippen molar-refractivity contribution in [1.29, 1.82) is 0 Å². The molecule has 2 aliphatic carbocycles. The Morgan fingerprint density at radius 2 is 1.40 bits per heavy atom. The van der Waals surface area contributed by atoms with E-state index in [1.807, 2.05) is 0 Å². The van der Waals surface area contributed by atoms with Crippen molar-refractivity contribution in [2.24, 2.45) is 0 Å². The van der Waals surface area contributed by atoms with E-state index in [1.54, 1.807) is 0 Å². The SMILES string of the molecule is COc1cc(O)c2c(c1)C(=O)c1c(cc3c(c1O)-c1c(cc(C)c(C(=O)N[C@H](C)C(=O)O)c1O)[C@H](O)[C@H]3O)C2=O. The van der Waals surface area contributed by atoms with Crippen LogP contribution in [0.4, 0.5) is 0 Å². The Hall–Kier alpha value is -4.94. The van der Waals surface area contributed by atoms with Gasteiger partial charge in [0.15, 0.2) is 11.6 Å². The van der Waals surface area contributed by atoms with E-state index in [0.717, 1.165) is 12.1 Å². The predicted molar refractivity (Wildman–Crippen MR) is 136 cm³/mol. The highest BCUT2D eigenvalue weighted by Gasteiger charge is 2.43. The van der Waals surface area contributed by atoms with Gasteiger partial charge in [-0.3, -0.25) is 19.2 Å². The Bertz CT molecular complexity index is 1690. The molecule has 206 valence electrons. The number of phenols is 3. The second-order valence-electron chi connectivity index (χ2n) is 9.64.